The topological polar surface area (TPSA) is 63.2 Å². The molecule has 0 spiro atoms. The van der Waals surface area contributed by atoms with Crippen LogP contribution < -0.4 is 10.6 Å². The van der Waals surface area contributed by atoms with Gasteiger partial charge in [-0.05, 0) is 18.7 Å². The van der Waals surface area contributed by atoms with Gasteiger partial charge < -0.3 is 15.4 Å². The molecule has 0 bridgehead atoms. The van der Waals surface area contributed by atoms with E-state index in [0.29, 0.717) is 19.8 Å². The molecule has 1 aromatic rings. The second-order valence-corrected chi connectivity index (χ2v) is 4.67. The second-order valence-electron chi connectivity index (χ2n) is 4.67. The van der Waals surface area contributed by atoms with Gasteiger partial charge in [0, 0.05) is 30.9 Å². The number of likely N-dealkylation sites (N-methyl/N-ethyl adjacent to an activating group) is 1. The van der Waals surface area contributed by atoms with Gasteiger partial charge in [-0.1, -0.05) is 13.0 Å². The maximum absolute atomic E-state index is 12.1. The monoisotopic (exact) mass is 263 g/mol. The van der Waals surface area contributed by atoms with E-state index in [9.17, 15) is 4.79 Å². The molecule has 1 fully saturated rings. The molecule has 0 radical (unpaired) electrons. The standard InChI is InChI=1S/C14H21N3O2/c1-2-15-13-10-19-9-12(13)14(18)17-8-6-11-5-3-4-7-16-11/h3-5,7,12-13,15H,2,6,8-10H2,1H3,(H,17,18). The SMILES string of the molecule is CCNC1COCC1C(=O)NCCc1ccccn1. The average molecular weight is 263 g/mol. The molecule has 0 aromatic carbocycles. The van der Waals surface area contributed by atoms with Gasteiger partial charge >= 0.3 is 0 Å². The van der Waals surface area contributed by atoms with Gasteiger partial charge in [0.1, 0.15) is 0 Å². The van der Waals surface area contributed by atoms with Crippen LogP contribution in [0.1, 0.15) is 12.6 Å². The molecule has 2 unspecified atom stereocenters. The molecule has 2 heterocycles. The van der Waals surface area contributed by atoms with E-state index >= 15 is 0 Å². The van der Waals surface area contributed by atoms with E-state index in [2.05, 4.69) is 15.6 Å². The third kappa shape index (κ3) is 4.01. The number of amides is 1. The molecular weight excluding hydrogens is 242 g/mol. The number of hydrogen-bond acceptors (Lipinski definition) is 4. The van der Waals surface area contributed by atoms with Crippen LogP contribution in [0.15, 0.2) is 24.4 Å². The number of ether oxygens (including phenoxy) is 1. The Morgan fingerprint density at radius 2 is 2.37 bits per heavy atom. The molecule has 0 saturated carbocycles. The number of aromatic nitrogens is 1. The highest BCUT2D eigenvalue weighted by atomic mass is 16.5. The predicted molar refractivity (Wildman–Crippen MR) is 72.7 cm³/mol. The fraction of sp³-hybridized carbons (Fsp3) is 0.571. The number of hydrogen-bond donors (Lipinski definition) is 2. The van der Waals surface area contributed by atoms with Crippen molar-refractivity contribution in [2.75, 3.05) is 26.3 Å². The molecule has 2 atom stereocenters. The molecule has 1 aromatic heterocycles. The van der Waals surface area contributed by atoms with Crippen molar-refractivity contribution in [2.45, 2.75) is 19.4 Å². The second kappa shape index (κ2) is 7.21. The minimum Gasteiger partial charge on any atom is -0.379 e. The Hall–Kier alpha value is -1.46. The molecule has 2 N–H and O–H groups in total. The van der Waals surface area contributed by atoms with Crippen molar-refractivity contribution in [3.05, 3.63) is 30.1 Å². The van der Waals surface area contributed by atoms with Crippen LogP contribution in [0.4, 0.5) is 0 Å². The van der Waals surface area contributed by atoms with Crippen LogP contribution in [-0.4, -0.2) is 43.2 Å². The Balaban J connectivity index is 1.75. The molecule has 1 amide bonds. The lowest BCUT2D eigenvalue weighted by atomic mass is 10.0. The Kier molecular flexibility index (Phi) is 5.30. The number of pyridine rings is 1. The lowest BCUT2D eigenvalue weighted by Crippen LogP contribution is -2.44. The predicted octanol–water partition coefficient (Wildman–Crippen LogP) is 0.365. The Labute approximate surface area is 113 Å². The summed E-state index contributed by atoms with van der Waals surface area (Å²) in [6, 6.07) is 5.95. The van der Waals surface area contributed by atoms with Crippen molar-refractivity contribution in [1.29, 1.82) is 0 Å². The quantitative estimate of drug-likeness (QED) is 0.778. The van der Waals surface area contributed by atoms with Gasteiger partial charge in [-0.15, -0.1) is 0 Å². The minimum atomic E-state index is -0.0799. The van der Waals surface area contributed by atoms with Gasteiger partial charge in [0.15, 0.2) is 0 Å². The summed E-state index contributed by atoms with van der Waals surface area (Å²) >= 11 is 0. The Morgan fingerprint density at radius 1 is 1.47 bits per heavy atom. The molecule has 104 valence electrons. The van der Waals surface area contributed by atoms with E-state index in [1.54, 1.807) is 6.20 Å². The lowest BCUT2D eigenvalue weighted by molar-refractivity contribution is -0.125. The van der Waals surface area contributed by atoms with E-state index in [4.69, 9.17) is 4.74 Å². The summed E-state index contributed by atoms with van der Waals surface area (Å²) in [4.78, 5) is 16.3. The molecular formula is C14H21N3O2. The van der Waals surface area contributed by atoms with Crippen molar-refractivity contribution in [1.82, 2.24) is 15.6 Å². The van der Waals surface area contributed by atoms with Gasteiger partial charge in [-0.25, -0.2) is 0 Å². The van der Waals surface area contributed by atoms with Gasteiger partial charge in [0.2, 0.25) is 5.91 Å². The summed E-state index contributed by atoms with van der Waals surface area (Å²) in [5, 5.41) is 6.25. The van der Waals surface area contributed by atoms with E-state index in [1.165, 1.54) is 0 Å². The highest BCUT2D eigenvalue weighted by Crippen LogP contribution is 2.13. The first kappa shape index (κ1) is 14.0. The summed E-state index contributed by atoms with van der Waals surface area (Å²) < 4.78 is 5.37. The molecule has 1 aliphatic rings. The normalized spacial score (nSPS) is 22.4. The van der Waals surface area contributed by atoms with Gasteiger partial charge in [-0.3, -0.25) is 9.78 Å². The minimum absolute atomic E-state index is 0.0689. The van der Waals surface area contributed by atoms with Gasteiger partial charge in [0.25, 0.3) is 0 Å². The molecule has 1 aliphatic heterocycles. The third-order valence-electron chi connectivity index (χ3n) is 3.29. The first-order valence-corrected chi connectivity index (χ1v) is 6.80. The Bertz CT molecular complexity index is 397. The zero-order valence-corrected chi connectivity index (χ0v) is 11.3. The van der Waals surface area contributed by atoms with Crippen LogP contribution in [0, 0.1) is 5.92 Å². The summed E-state index contributed by atoms with van der Waals surface area (Å²) in [6.45, 7) is 4.63. The van der Waals surface area contributed by atoms with Crippen LogP contribution in [0.5, 0.6) is 0 Å². The maximum Gasteiger partial charge on any atom is 0.227 e. The van der Waals surface area contributed by atoms with Gasteiger partial charge in [0.05, 0.1) is 19.1 Å². The lowest BCUT2D eigenvalue weighted by Gasteiger charge is -2.17. The van der Waals surface area contributed by atoms with E-state index in [1.807, 2.05) is 25.1 Å². The van der Waals surface area contributed by atoms with E-state index < -0.39 is 0 Å². The smallest absolute Gasteiger partial charge is 0.227 e. The fourth-order valence-corrected chi connectivity index (χ4v) is 2.27. The first-order chi connectivity index (χ1) is 9.31. The Morgan fingerprint density at radius 3 is 3.11 bits per heavy atom. The molecule has 5 heteroatoms. The molecule has 5 nitrogen and oxygen atoms in total. The van der Waals surface area contributed by atoms with Crippen molar-refractivity contribution < 1.29 is 9.53 Å². The summed E-state index contributed by atoms with van der Waals surface area (Å²) in [7, 11) is 0. The number of rotatable bonds is 6. The van der Waals surface area contributed by atoms with Crippen molar-refractivity contribution >= 4 is 5.91 Å². The zero-order chi connectivity index (χ0) is 13.5. The molecule has 19 heavy (non-hydrogen) atoms. The first-order valence-electron chi connectivity index (χ1n) is 6.80. The number of carbonyl (C=O) groups excluding carboxylic acids is 1. The molecule has 0 aliphatic carbocycles. The number of nitrogens with one attached hydrogen (secondary N) is 2. The fourth-order valence-electron chi connectivity index (χ4n) is 2.27. The summed E-state index contributed by atoms with van der Waals surface area (Å²) in [5.41, 5.74) is 0.994. The number of nitrogens with zero attached hydrogens (tertiary/aromatic N) is 1. The maximum atomic E-state index is 12.1. The summed E-state index contributed by atoms with van der Waals surface area (Å²) in [5.74, 6) is -0.0111. The van der Waals surface area contributed by atoms with Crippen LogP contribution in [0.2, 0.25) is 0 Å². The van der Waals surface area contributed by atoms with Crippen molar-refractivity contribution in [3.8, 4) is 0 Å². The molecule has 1 saturated heterocycles. The zero-order valence-electron chi connectivity index (χ0n) is 11.3. The largest absolute Gasteiger partial charge is 0.379 e. The van der Waals surface area contributed by atoms with Crippen molar-refractivity contribution in [3.63, 3.8) is 0 Å². The van der Waals surface area contributed by atoms with Crippen LogP contribution in [0.25, 0.3) is 0 Å². The molecule has 2 rings (SSSR count). The van der Waals surface area contributed by atoms with Gasteiger partial charge in [-0.2, -0.15) is 0 Å². The number of carbonyl (C=O) groups is 1. The average Bonchev–Trinajstić information content (AvgIpc) is 2.89. The van der Waals surface area contributed by atoms with Crippen LogP contribution in [-0.2, 0) is 16.0 Å². The van der Waals surface area contributed by atoms with Crippen LogP contribution >= 0.6 is 0 Å². The van der Waals surface area contributed by atoms with Crippen LogP contribution in [0.3, 0.4) is 0 Å². The van der Waals surface area contributed by atoms with E-state index in [-0.39, 0.29) is 17.9 Å². The third-order valence-corrected chi connectivity index (χ3v) is 3.29. The highest BCUT2D eigenvalue weighted by Gasteiger charge is 2.33. The van der Waals surface area contributed by atoms with E-state index in [0.717, 1.165) is 18.7 Å². The summed E-state index contributed by atoms with van der Waals surface area (Å²) in [6.07, 6.45) is 2.52. The van der Waals surface area contributed by atoms with Crippen molar-refractivity contribution in [2.24, 2.45) is 5.92 Å². The highest BCUT2D eigenvalue weighted by molar-refractivity contribution is 5.79.